The maximum absolute atomic E-state index is 15.6. The van der Waals surface area contributed by atoms with Crippen LogP contribution in [-0.4, -0.2) is 51.5 Å². The van der Waals surface area contributed by atoms with Gasteiger partial charge in [0.25, 0.3) is 0 Å². The summed E-state index contributed by atoms with van der Waals surface area (Å²) < 4.78 is 44.1. The third kappa shape index (κ3) is 6.04. The summed E-state index contributed by atoms with van der Waals surface area (Å²) in [6.07, 6.45) is 8.29. The number of ether oxygens (including phenoxy) is 2. The van der Waals surface area contributed by atoms with Crippen molar-refractivity contribution < 1.29 is 18.3 Å². The van der Waals surface area contributed by atoms with Crippen molar-refractivity contribution in [3.8, 4) is 23.4 Å². The van der Waals surface area contributed by atoms with E-state index in [-0.39, 0.29) is 35.2 Å². The second-order valence-electron chi connectivity index (χ2n) is 12.2. The standard InChI is InChI=1S/C34H35F2N7O2/c1-21-13-22(14-29(39)33(21)45-10-2-8-37)26-5-9-40-18-23(26)15-31-41-19-25-3-4-30(42-43(25)31)32-27(35)16-24(17-28(32)36)34(20-38)6-11-44-12-7-34/h3-5,9,16-19,21-22,29,33H,2,6-7,10-15,39H2,1H3/t21-,22+,29+,33-/m0/s1. The molecule has 0 amide bonds. The van der Waals surface area contributed by atoms with Gasteiger partial charge in [0.2, 0.25) is 0 Å². The summed E-state index contributed by atoms with van der Waals surface area (Å²) in [4.78, 5) is 8.98. The number of aromatic nitrogens is 4. The molecule has 2 aliphatic rings. The van der Waals surface area contributed by atoms with E-state index in [4.69, 9.17) is 20.5 Å². The Morgan fingerprint density at radius 1 is 1.11 bits per heavy atom. The number of hydrogen-bond donors (Lipinski definition) is 1. The van der Waals surface area contributed by atoms with Gasteiger partial charge in [0, 0.05) is 38.1 Å². The van der Waals surface area contributed by atoms with Crippen LogP contribution < -0.4 is 5.73 Å². The maximum atomic E-state index is 15.6. The van der Waals surface area contributed by atoms with E-state index >= 15 is 8.78 Å². The quantitative estimate of drug-likeness (QED) is 0.263. The smallest absolute Gasteiger partial charge is 0.135 e. The molecule has 11 heteroatoms. The van der Waals surface area contributed by atoms with Gasteiger partial charge in [0.05, 0.1) is 59.7 Å². The number of pyridine rings is 1. The van der Waals surface area contributed by atoms with Gasteiger partial charge in [-0.3, -0.25) is 4.98 Å². The minimum atomic E-state index is -0.986. The number of nitrogens with zero attached hydrogens (tertiary/aromatic N) is 6. The Kier molecular flexibility index (Phi) is 8.86. The summed E-state index contributed by atoms with van der Waals surface area (Å²) in [5.74, 6) is -0.540. The molecule has 45 heavy (non-hydrogen) atoms. The molecule has 0 spiro atoms. The zero-order valence-electron chi connectivity index (χ0n) is 25.1. The molecule has 1 saturated carbocycles. The normalized spacial score (nSPS) is 23.0. The second-order valence-corrected chi connectivity index (χ2v) is 12.2. The van der Waals surface area contributed by atoms with E-state index in [2.05, 4.69) is 34.1 Å². The van der Waals surface area contributed by atoms with Crippen LogP contribution in [0.15, 0.2) is 48.9 Å². The molecule has 2 fully saturated rings. The van der Waals surface area contributed by atoms with E-state index in [1.54, 1.807) is 29.0 Å². The maximum Gasteiger partial charge on any atom is 0.135 e. The lowest BCUT2D eigenvalue weighted by Crippen LogP contribution is -2.46. The first kappa shape index (κ1) is 30.7. The molecule has 4 aromatic rings. The summed E-state index contributed by atoms with van der Waals surface area (Å²) in [5, 5.41) is 23.4. The van der Waals surface area contributed by atoms with E-state index in [0.29, 0.717) is 62.4 Å². The zero-order valence-corrected chi connectivity index (χ0v) is 25.1. The Morgan fingerprint density at radius 3 is 2.60 bits per heavy atom. The Bertz CT molecular complexity index is 1740. The monoisotopic (exact) mass is 611 g/mol. The minimum Gasteiger partial charge on any atom is -0.381 e. The Labute approximate surface area is 260 Å². The van der Waals surface area contributed by atoms with Crippen molar-refractivity contribution >= 4 is 5.52 Å². The number of benzene rings is 1. The fourth-order valence-electron chi connectivity index (χ4n) is 6.97. The molecular weight excluding hydrogens is 576 g/mol. The first-order chi connectivity index (χ1) is 21.8. The highest BCUT2D eigenvalue weighted by Gasteiger charge is 2.37. The highest BCUT2D eigenvalue weighted by Crippen LogP contribution is 2.39. The SMILES string of the molecule is C[C@H]1C[C@@H](c2ccncc2Cc2ncc3ccc(-c4c(F)cc(C5(C#N)CCOCC5)cc4F)nn23)C[C@@H](N)[C@H]1OCCC#N. The third-order valence-electron chi connectivity index (χ3n) is 9.32. The summed E-state index contributed by atoms with van der Waals surface area (Å²) in [7, 11) is 0. The van der Waals surface area contributed by atoms with E-state index < -0.39 is 17.0 Å². The second kappa shape index (κ2) is 13.0. The molecule has 4 atom stereocenters. The topological polar surface area (TPSA) is 135 Å². The van der Waals surface area contributed by atoms with E-state index in [0.717, 1.165) is 24.0 Å². The summed E-state index contributed by atoms with van der Waals surface area (Å²) >= 11 is 0. The van der Waals surface area contributed by atoms with Crippen LogP contribution in [0.2, 0.25) is 0 Å². The van der Waals surface area contributed by atoms with E-state index in [9.17, 15) is 5.26 Å². The third-order valence-corrected chi connectivity index (χ3v) is 9.32. The molecule has 0 radical (unpaired) electrons. The van der Waals surface area contributed by atoms with E-state index in [1.807, 2.05) is 12.3 Å². The molecule has 1 aliphatic heterocycles. The largest absolute Gasteiger partial charge is 0.381 e. The van der Waals surface area contributed by atoms with Crippen LogP contribution in [0.3, 0.4) is 0 Å². The summed E-state index contributed by atoms with van der Waals surface area (Å²) in [6, 6.07) is 12.1. The Hall–Kier alpha value is -4.29. The van der Waals surface area contributed by atoms with Crippen molar-refractivity contribution in [2.75, 3.05) is 19.8 Å². The van der Waals surface area contributed by atoms with Gasteiger partial charge in [-0.1, -0.05) is 6.92 Å². The molecular formula is C34H35F2N7O2. The molecule has 1 aromatic carbocycles. The number of fused-ring (bicyclic) bond motifs is 1. The van der Waals surface area contributed by atoms with Crippen LogP contribution in [0.5, 0.6) is 0 Å². The lowest BCUT2D eigenvalue weighted by molar-refractivity contribution is -0.0199. The van der Waals surface area contributed by atoms with Gasteiger partial charge >= 0.3 is 0 Å². The lowest BCUT2D eigenvalue weighted by atomic mass is 9.73. The first-order valence-corrected chi connectivity index (χ1v) is 15.3. The van der Waals surface area contributed by atoms with Crippen LogP contribution >= 0.6 is 0 Å². The molecule has 3 aromatic heterocycles. The Balaban J connectivity index is 1.28. The number of rotatable bonds is 8. The van der Waals surface area contributed by atoms with Crippen LogP contribution in [-0.2, 0) is 21.3 Å². The van der Waals surface area contributed by atoms with Crippen molar-refractivity contribution in [1.82, 2.24) is 19.6 Å². The molecule has 1 saturated heterocycles. The van der Waals surface area contributed by atoms with Crippen LogP contribution in [0.25, 0.3) is 16.8 Å². The van der Waals surface area contributed by atoms with E-state index in [1.165, 1.54) is 12.1 Å². The van der Waals surface area contributed by atoms with Crippen LogP contribution in [0.4, 0.5) is 8.78 Å². The molecule has 0 unspecified atom stereocenters. The van der Waals surface area contributed by atoms with Gasteiger partial charge < -0.3 is 15.2 Å². The van der Waals surface area contributed by atoms with Crippen molar-refractivity contribution in [1.29, 1.82) is 10.5 Å². The molecule has 1 aliphatic carbocycles. The van der Waals surface area contributed by atoms with Crippen LogP contribution in [0, 0.1) is 40.2 Å². The van der Waals surface area contributed by atoms with Crippen molar-refractivity contribution in [3.05, 3.63) is 83.1 Å². The number of hydrogen-bond acceptors (Lipinski definition) is 8. The average Bonchev–Trinajstić information content (AvgIpc) is 3.44. The molecule has 4 heterocycles. The van der Waals surface area contributed by atoms with Gasteiger partial charge in [0.1, 0.15) is 17.5 Å². The zero-order chi connectivity index (χ0) is 31.6. The lowest BCUT2D eigenvalue weighted by Gasteiger charge is -2.39. The molecule has 6 rings (SSSR count). The molecule has 2 N–H and O–H groups in total. The summed E-state index contributed by atoms with van der Waals surface area (Å²) in [6.45, 7) is 3.24. The number of halogens is 2. The number of imidazole rings is 1. The highest BCUT2D eigenvalue weighted by atomic mass is 19.1. The average molecular weight is 612 g/mol. The minimum absolute atomic E-state index is 0.101. The van der Waals surface area contributed by atoms with Gasteiger partial charge in [0.15, 0.2) is 0 Å². The van der Waals surface area contributed by atoms with Crippen LogP contribution in [0.1, 0.15) is 67.5 Å². The van der Waals surface area contributed by atoms with Crippen molar-refractivity contribution in [2.45, 2.75) is 68.9 Å². The number of nitriles is 2. The van der Waals surface area contributed by atoms with Crippen molar-refractivity contribution in [2.24, 2.45) is 11.7 Å². The molecule has 9 nitrogen and oxygen atoms in total. The van der Waals surface area contributed by atoms with Gasteiger partial charge in [-0.05, 0) is 84.5 Å². The van der Waals surface area contributed by atoms with Crippen molar-refractivity contribution in [3.63, 3.8) is 0 Å². The first-order valence-electron chi connectivity index (χ1n) is 15.3. The molecule has 232 valence electrons. The predicted octanol–water partition coefficient (Wildman–Crippen LogP) is 5.37. The van der Waals surface area contributed by atoms with Gasteiger partial charge in [-0.2, -0.15) is 15.6 Å². The fraction of sp³-hybridized carbons (Fsp3) is 0.441. The highest BCUT2D eigenvalue weighted by molar-refractivity contribution is 5.64. The number of nitrogens with two attached hydrogens (primary N) is 1. The molecule has 0 bridgehead atoms. The van der Waals surface area contributed by atoms with Gasteiger partial charge in [-0.15, -0.1) is 0 Å². The summed E-state index contributed by atoms with van der Waals surface area (Å²) in [5.41, 5.74) is 8.57. The van der Waals surface area contributed by atoms with Gasteiger partial charge in [-0.25, -0.2) is 18.3 Å². The predicted molar refractivity (Wildman–Crippen MR) is 162 cm³/mol. The Morgan fingerprint density at radius 2 is 1.89 bits per heavy atom. The fourth-order valence-corrected chi connectivity index (χ4v) is 6.97.